The van der Waals surface area contributed by atoms with Crippen LogP contribution in [-0.2, 0) is 4.79 Å². The van der Waals surface area contributed by atoms with Crippen LogP contribution in [0, 0.1) is 12.8 Å². The zero-order valence-corrected chi connectivity index (χ0v) is 17.2. The third-order valence-corrected chi connectivity index (χ3v) is 5.18. The van der Waals surface area contributed by atoms with Crippen molar-refractivity contribution in [2.75, 3.05) is 45.8 Å². The molecule has 7 nitrogen and oxygen atoms in total. The first kappa shape index (κ1) is 21.3. The van der Waals surface area contributed by atoms with Gasteiger partial charge in [-0.2, -0.15) is 0 Å². The molecule has 150 valence electrons. The average molecular weight is 377 g/mol. The minimum absolute atomic E-state index is 0.141. The molecule has 1 N–H and O–H groups in total. The molecule has 2 amide bonds. The van der Waals surface area contributed by atoms with E-state index in [0.29, 0.717) is 31.1 Å². The number of carbonyl (C=O) groups is 2. The summed E-state index contributed by atoms with van der Waals surface area (Å²) in [7, 11) is 0. The zero-order valence-electron chi connectivity index (χ0n) is 17.2. The highest BCUT2D eigenvalue weighted by Gasteiger charge is 2.24. The Morgan fingerprint density at radius 1 is 1.19 bits per heavy atom. The summed E-state index contributed by atoms with van der Waals surface area (Å²) in [5.41, 5.74) is 1.13. The normalized spacial score (nSPS) is 15.2. The van der Waals surface area contributed by atoms with Crippen LogP contribution in [-0.4, -0.2) is 77.4 Å². The summed E-state index contributed by atoms with van der Waals surface area (Å²) in [6.45, 7) is 14.1. The number of rotatable bonds is 8. The molecule has 1 saturated heterocycles. The van der Waals surface area contributed by atoms with Gasteiger partial charge in [0, 0.05) is 25.7 Å². The fourth-order valence-electron chi connectivity index (χ4n) is 3.21. The van der Waals surface area contributed by atoms with Crippen LogP contribution in [0.4, 0.5) is 0 Å². The lowest BCUT2D eigenvalue weighted by Crippen LogP contribution is -3.14. The second kappa shape index (κ2) is 10.3. The Hall–Kier alpha value is -2.02. The number of nitrogens with one attached hydrogen (secondary N) is 1. The Balaban J connectivity index is 1.94. The second-order valence-corrected chi connectivity index (χ2v) is 7.75. The van der Waals surface area contributed by atoms with Crippen molar-refractivity contribution >= 4 is 11.8 Å². The third kappa shape index (κ3) is 6.57. The summed E-state index contributed by atoms with van der Waals surface area (Å²) in [6, 6.07) is 0. The maximum Gasteiger partial charge on any atom is 0.274 e. The first-order valence-electron chi connectivity index (χ1n) is 10.1. The van der Waals surface area contributed by atoms with Gasteiger partial charge in [-0.25, -0.2) is 4.98 Å². The van der Waals surface area contributed by atoms with Gasteiger partial charge in [0.25, 0.3) is 5.91 Å². The Labute approximate surface area is 162 Å². The summed E-state index contributed by atoms with van der Waals surface area (Å²) in [6.07, 6.45) is 4.39. The minimum atomic E-state index is -0.142. The number of aromatic nitrogens is 2. The van der Waals surface area contributed by atoms with E-state index < -0.39 is 0 Å². The molecule has 0 radical (unpaired) electrons. The molecule has 1 aliphatic rings. The lowest BCUT2D eigenvalue weighted by atomic mass is 10.1. The van der Waals surface area contributed by atoms with Crippen molar-refractivity contribution in [2.45, 2.75) is 40.5 Å². The predicted octanol–water partition coefficient (Wildman–Crippen LogP) is 0.410. The van der Waals surface area contributed by atoms with Crippen molar-refractivity contribution in [3.8, 4) is 0 Å². The van der Waals surface area contributed by atoms with E-state index in [1.54, 1.807) is 16.0 Å². The van der Waals surface area contributed by atoms with Crippen LogP contribution in [0.25, 0.3) is 0 Å². The molecule has 2 heterocycles. The van der Waals surface area contributed by atoms with Gasteiger partial charge >= 0.3 is 0 Å². The molecule has 1 fully saturated rings. The highest BCUT2D eigenvalue weighted by molar-refractivity contribution is 5.92. The molecule has 0 aliphatic carbocycles. The zero-order chi connectivity index (χ0) is 19.8. The van der Waals surface area contributed by atoms with Crippen molar-refractivity contribution < 1.29 is 14.5 Å². The standard InChI is InChI=1S/C20H33N5O2/c1-5-23-10-12-24(13-11-23)19(26)7-9-25(8-6-16(2)3)20(27)18-15-21-17(4)14-22-18/h14-16H,5-13H2,1-4H3/p+1. The number of amides is 2. The summed E-state index contributed by atoms with van der Waals surface area (Å²) in [4.78, 5) is 39.1. The third-order valence-electron chi connectivity index (χ3n) is 5.18. The van der Waals surface area contributed by atoms with E-state index in [1.807, 2.05) is 11.8 Å². The molecular formula is C20H34N5O2+. The molecule has 7 heteroatoms. The van der Waals surface area contributed by atoms with Gasteiger partial charge in [-0.1, -0.05) is 13.8 Å². The van der Waals surface area contributed by atoms with Crippen molar-refractivity contribution in [1.82, 2.24) is 19.8 Å². The number of hydrogen-bond acceptors (Lipinski definition) is 4. The molecule has 0 bridgehead atoms. The van der Waals surface area contributed by atoms with E-state index >= 15 is 0 Å². The lowest BCUT2D eigenvalue weighted by Gasteiger charge is -2.32. The largest absolute Gasteiger partial charge is 0.337 e. The Kier molecular flexibility index (Phi) is 8.16. The van der Waals surface area contributed by atoms with Crippen LogP contribution in [0.1, 0.15) is 49.8 Å². The van der Waals surface area contributed by atoms with E-state index in [-0.39, 0.29) is 11.8 Å². The fourth-order valence-corrected chi connectivity index (χ4v) is 3.21. The smallest absolute Gasteiger partial charge is 0.274 e. The number of carbonyl (C=O) groups excluding carboxylic acids is 2. The Bertz CT molecular complexity index is 609. The van der Waals surface area contributed by atoms with Crippen LogP contribution in [0.2, 0.25) is 0 Å². The number of quaternary nitrogens is 1. The first-order valence-corrected chi connectivity index (χ1v) is 10.1. The second-order valence-electron chi connectivity index (χ2n) is 7.75. The highest BCUT2D eigenvalue weighted by atomic mass is 16.2. The summed E-state index contributed by atoms with van der Waals surface area (Å²) >= 11 is 0. The minimum Gasteiger partial charge on any atom is -0.337 e. The van der Waals surface area contributed by atoms with Gasteiger partial charge in [0.2, 0.25) is 5.91 Å². The van der Waals surface area contributed by atoms with Crippen LogP contribution >= 0.6 is 0 Å². The quantitative estimate of drug-likeness (QED) is 0.713. The summed E-state index contributed by atoms with van der Waals surface area (Å²) < 4.78 is 0. The van der Waals surface area contributed by atoms with Gasteiger partial charge in [0.15, 0.2) is 0 Å². The van der Waals surface area contributed by atoms with E-state index in [9.17, 15) is 9.59 Å². The molecular weight excluding hydrogens is 342 g/mol. The van der Waals surface area contributed by atoms with E-state index in [4.69, 9.17) is 0 Å². The van der Waals surface area contributed by atoms with Crippen LogP contribution in [0.3, 0.4) is 0 Å². The summed E-state index contributed by atoms with van der Waals surface area (Å²) in [5.74, 6) is 0.490. The molecule has 27 heavy (non-hydrogen) atoms. The van der Waals surface area contributed by atoms with Crippen LogP contribution in [0.15, 0.2) is 12.4 Å². The molecule has 1 aromatic heterocycles. The molecule has 1 aromatic rings. The number of hydrogen-bond donors (Lipinski definition) is 1. The van der Waals surface area contributed by atoms with Gasteiger partial charge in [0.05, 0.1) is 44.6 Å². The Morgan fingerprint density at radius 2 is 1.89 bits per heavy atom. The van der Waals surface area contributed by atoms with E-state index in [1.165, 1.54) is 6.20 Å². The van der Waals surface area contributed by atoms with Crippen molar-refractivity contribution in [3.63, 3.8) is 0 Å². The first-order chi connectivity index (χ1) is 12.9. The maximum absolute atomic E-state index is 12.8. The van der Waals surface area contributed by atoms with Crippen LogP contribution < -0.4 is 4.90 Å². The molecule has 2 rings (SSSR count). The maximum atomic E-state index is 12.8. The van der Waals surface area contributed by atoms with Crippen molar-refractivity contribution in [2.24, 2.45) is 5.92 Å². The lowest BCUT2D eigenvalue weighted by molar-refractivity contribution is -0.902. The fraction of sp³-hybridized carbons (Fsp3) is 0.700. The number of aryl methyl sites for hydroxylation is 1. The van der Waals surface area contributed by atoms with Gasteiger partial charge in [-0.15, -0.1) is 0 Å². The van der Waals surface area contributed by atoms with Gasteiger partial charge in [-0.3, -0.25) is 14.6 Å². The molecule has 0 spiro atoms. The highest BCUT2D eigenvalue weighted by Crippen LogP contribution is 2.08. The monoisotopic (exact) mass is 376 g/mol. The number of piperazine rings is 1. The number of nitrogens with zero attached hydrogens (tertiary/aromatic N) is 4. The van der Waals surface area contributed by atoms with Gasteiger partial charge in [-0.05, 0) is 26.2 Å². The predicted molar refractivity (Wildman–Crippen MR) is 105 cm³/mol. The molecule has 0 unspecified atom stereocenters. The molecule has 0 aromatic carbocycles. The van der Waals surface area contributed by atoms with Gasteiger partial charge < -0.3 is 14.7 Å². The molecule has 1 aliphatic heterocycles. The van der Waals surface area contributed by atoms with E-state index in [0.717, 1.165) is 44.8 Å². The molecule has 0 atom stereocenters. The summed E-state index contributed by atoms with van der Waals surface area (Å²) in [5, 5.41) is 0. The van der Waals surface area contributed by atoms with E-state index in [2.05, 4.69) is 30.7 Å². The number of likely N-dealkylation sites (N-methyl/N-ethyl adjacent to an activating group) is 1. The SMILES string of the molecule is CC[NH+]1CCN(C(=O)CCN(CCC(C)C)C(=O)c2cnc(C)cn2)CC1. The van der Waals surface area contributed by atoms with Crippen molar-refractivity contribution in [1.29, 1.82) is 0 Å². The van der Waals surface area contributed by atoms with Crippen molar-refractivity contribution in [3.05, 3.63) is 23.8 Å². The topological polar surface area (TPSA) is 70.8 Å². The Morgan fingerprint density at radius 3 is 2.44 bits per heavy atom. The average Bonchev–Trinajstić information content (AvgIpc) is 2.67. The van der Waals surface area contributed by atoms with Crippen LogP contribution in [0.5, 0.6) is 0 Å². The molecule has 0 saturated carbocycles. The van der Waals surface area contributed by atoms with Gasteiger partial charge in [0.1, 0.15) is 5.69 Å².